The summed E-state index contributed by atoms with van der Waals surface area (Å²) in [6, 6.07) is 6.85. The number of nitrogens with one attached hydrogen (secondary N) is 1. The van der Waals surface area contributed by atoms with Crippen LogP contribution in [0.25, 0.3) is 0 Å². The molecule has 2 atom stereocenters. The number of rotatable bonds is 5. The third kappa shape index (κ3) is 4.08. The molecule has 5 nitrogen and oxygen atoms in total. The molecule has 17 heavy (non-hydrogen) atoms. The Kier molecular flexibility index (Phi) is 4.64. The largest absolute Gasteiger partial charge is 0.329 e. The predicted octanol–water partition coefficient (Wildman–Crippen LogP) is 0.332. The Morgan fingerprint density at radius 2 is 1.76 bits per heavy atom. The number of sulfonamides is 1. The molecule has 0 heterocycles. The Bertz CT molecular complexity index is 456. The van der Waals surface area contributed by atoms with Crippen molar-refractivity contribution in [3.8, 4) is 0 Å². The lowest BCUT2D eigenvalue weighted by atomic mass is 10.1. The third-order valence-corrected chi connectivity index (χ3v) is 3.53. The van der Waals surface area contributed by atoms with Gasteiger partial charge in [-0.25, -0.2) is 13.6 Å². The van der Waals surface area contributed by atoms with Gasteiger partial charge < -0.3 is 11.1 Å². The van der Waals surface area contributed by atoms with E-state index in [2.05, 4.69) is 5.32 Å². The van der Waals surface area contributed by atoms with Crippen LogP contribution < -0.4 is 16.2 Å². The van der Waals surface area contributed by atoms with E-state index in [1.807, 2.05) is 13.8 Å². The normalized spacial score (nSPS) is 15.5. The summed E-state index contributed by atoms with van der Waals surface area (Å²) < 4.78 is 22.2. The van der Waals surface area contributed by atoms with Crippen LogP contribution in [0.4, 0.5) is 0 Å². The lowest BCUT2D eigenvalue weighted by molar-refractivity contribution is 0.485. The molecule has 0 saturated carbocycles. The van der Waals surface area contributed by atoms with Crippen molar-refractivity contribution in [3.05, 3.63) is 29.8 Å². The molecule has 1 aromatic rings. The Balaban J connectivity index is 2.81. The van der Waals surface area contributed by atoms with Gasteiger partial charge in [0.1, 0.15) is 0 Å². The van der Waals surface area contributed by atoms with Crippen LogP contribution in [-0.2, 0) is 10.0 Å². The predicted molar refractivity (Wildman–Crippen MR) is 67.9 cm³/mol. The molecule has 0 spiro atoms. The Morgan fingerprint density at radius 1 is 1.24 bits per heavy atom. The quantitative estimate of drug-likeness (QED) is 0.708. The zero-order chi connectivity index (χ0) is 13.1. The van der Waals surface area contributed by atoms with Gasteiger partial charge >= 0.3 is 0 Å². The Morgan fingerprint density at radius 3 is 2.18 bits per heavy atom. The molecule has 0 aliphatic carbocycles. The molecular weight excluding hydrogens is 238 g/mol. The summed E-state index contributed by atoms with van der Waals surface area (Å²) in [5.74, 6) is 0. The molecule has 0 saturated heterocycles. The van der Waals surface area contributed by atoms with Gasteiger partial charge in [0.2, 0.25) is 10.0 Å². The third-order valence-electron chi connectivity index (χ3n) is 2.60. The van der Waals surface area contributed by atoms with Gasteiger partial charge in [0, 0.05) is 18.6 Å². The molecule has 1 rings (SSSR count). The highest BCUT2D eigenvalue weighted by Gasteiger charge is 2.11. The molecule has 5 N–H and O–H groups in total. The molecule has 0 aliphatic heterocycles. The standard InChI is InChI=1S/C11H19N3O2S/c1-8(7-12)14-9(2)10-3-5-11(6-4-10)17(13,15)16/h3-6,8-9,14H,7,12H2,1-2H3,(H2,13,15,16). The molecule has 96 valence electrons. The summed E-state index contributed by atoms with van der Waals surface area (Å²) in [5, 5.41) is 8.32. The van der Waals surface area contributed by atoms with E-state index in [9.17, 15) is 8.42 Å². The minimum Gasteiger partial charge on any atom is -0.329 e. The number of benzene rings is 1. The van der Waals surface area contributed by atoms with Crippen LogP contribution in [0.3, 0.4) is 0 Å². The van der Waals surface area contributed by atoms with E-state index in [4.69, 9.17) is 10.9 Å². The first-order chi connectivity index (χ1) is 7.84. The van der Waals surface area contributed by atoms with Crippen LogP contribution in [0.5, 0.6) is 0 Å². The number of hydrogen-bond donors (Lipinski definition) is 3. The summed E-state index contributed by atoms with van der Waals surface area (Å²) >= 11 is 0. The highest BCUT2D eigenvalue weighted by atomic mass is 32.2. The second-order valence-electron chi connectivity index (χ2n) is 4.14. The van der Waals surface area contributed by atoms with Crippen LogP contribution in [0.15, 0.2) is 29.2 Å². The maximum Gasteiger partial charge on any atom is 0.238 e. The van der Waals surface area contributed by atoms with E-state index in [0.29, 0.717) is 6.54 Å². The van der Waals surface area contributed by atoms with Crippen molar-refractivity contribution in [2.75, 3.05) is 6.54 Å². The Labute approximate surface area is 102 Å². The molecule has 0 bridgehead atoms. The first-order valence-electron chi connectivity index (χ1n) is 5.43. The zero-order valence-electron chi connectivity index (χ0n) is 10.1. The molecular formula is C11H19N3O2S. The summed E-state index contributed by atoms with van der Waals surface area (Å²) in [7, 11) is -3.61. The highest BCUT2D eigenvalue weighted by molar-refractivity contribution is 7.89. The number of primary sulfonamides is 1. The summed E-state index contributed by atoms with van der Waals surface area (Å²) in [6.45, 7) is 4.55. The van der Waals surface area contributed by atoms with E-state index in [0.717, 1.165) is 5.56 Å². The van der Waals surface area contributed by atoms with Gasteiger partial charge in [0.15, 0.2) is 0 Å². The van der Waals surface area contributed by atoms with Crippen molar-refractivity contribution in [2.45, 2.75) is 30.8 Å². The summed E-state index contributed by atoms with van der Waals surface area (Å²) in [6.07, 6.45) is 0. The van der Waals surface area contributed by atoms with Gasteiger partial charge in [0.05, 0.1) is 4.90 Å². The van der Waals surface area contributed by atoms with E-state index >= 15 is 0 Å². The van der Waals surface area contributed by atoms with Crippen LogP contribution in [0, 0.1) is 0 Å². The molecule has 0 aromatic heterocycles. The van der Waals surface area contributed by atoms with Gasteiger partial charge in [-0.1, -0.05) is 12.1 Å². The van der Waals surface area contributed by atoms with Crippen LogP contribution in [0.2, 0.25) is 0 Å². The smallest absolute Gasteiger partial charge is 0.238 e. The first-order valence-corrected chi connectivity index (χ1v) is 6.98. The van der Waals surface area contributed by atoms with Crippen molar-refractivity contribution in [3.63, 3.8) is 0 Å². The average molecular weight is 257 g/mol. The Hall–Kier alpha value is -0.950. The average Bonchev–Trinajstić information content (AvgIpc) is 2.27. The lowest BCUT2D eigenvalue weighted by Gasteiger charge is -2.19. The van der Waals surface area contributed by atoms with Crippen molar-refractivity contribution in [1.29, 1.82) is 0 Å². The molecule has 1 aromatic carbocycles. The van der Waals surface area contributed by atoms with Gasteiger partial charge in [-0.2, -0.15) is 0 Å². The first kappa shape index (κ1) is 14.1. The summed E-state index contributed by atoms with van der Waals surface area (Å²) in [4.78, 5) is 0.125. The highest BCUT2D eigenvalue weighted by Crippen LogP contribution is 2.15. The fourth-order valence-corrected chi connectivity index (χ4v) is 2.05. The fourth-order valence-electron chi connectivity index (χ4n) is 1.54. The number of hydrogen-bond acceptors (Lipinski definition) is 4. The second-order valence-corrected chi connectivity index (χ2v) is 5.70. The van der Waals surface area contributed by atoms with Crippen molar-refractivity contribution in [2.24, 2.45) is 10.9 Å². The second kappa shape index (κ2) is 5.59. The monoisotopic (exact) mass is 257 g/mol. The molecule has 0 amide bonds. The molecule has 6 heteroatoms. The minimum absolute atomic E-state index is 0.114. The molecule has 0 radical (unpaired) electrons. The van der Waals surface area contributed by atoms with Crippen molar-refractivity contribution < 1.29 is 8.42 Å². The van der Waals surface area contributed by atoms with Crippen LogP contribution in [0.1, 0.15) is 25.5 Å². The van der Waals surface area contributed by atoms with Crippen LogP contribution >= 0.6 is 0 Å². The van der Waals surface area contributed by atoms with E-state index in [-0.39, 0.29) is 17.0 Å². The van der Waals surface area contributed by atoms with Crippen LogP contribution in [-0.4, -0.2) is 21.0 Å². The van der Waals surface area contributed by atoms with E-state index < -0.39 is 10.0 Å². The maximum atomic E-state index is 11.1. The topological polar surface area (TPSA) is 98.2 Å². The van der Waals surface area contributed by atoms with Gasteiger partial charge in [-0.3, -0.25) is 0 Å². The lowest BCUT2D eigenvalue weighted by Crippen LogP contribution is -2.35. The van der Waals surface area contributed by atoms with Gasteiger partial charge in [-0.05, 0) is 31.5 Å². The minimum atomic E-state index is -3.61. The van der Waals surface area contributed by atoms with Crippen molar-refractivity contribution >= 4 is 10.0 Å². The van der Waals surface area contributed by atoms with Gasteiger partial charge in [0.25, 0.3) is 0 Å². The molecule has 0 fully saturated rings. The fraction of sp³-hybridized carbons (Fsp3) is 0.455. The SMILES string of the molecule is CC(CN)NC(C)c1ccc(S(N)(=O)=O)cc1. The molecule has 2 unspecified atom stereocenters. The maximum absolute atomic E-state index is 11.1. The van der Waals surface area contributed by atoms with Gasteiger partial charge in [-0.15, -0.1) is 0 Å². The van der Waals surface area contributed by atoms with Crippen molar-refractivity contribution in [1.82, 2.24) is 5.32 Å². The number of nitrogens with two attached hydrogens (primary N) is 2. The zero-order valence-corrected chi connectivity index (χ0v) is 10.9. The summed E-state index contributed by atoms with van der Waals surface area (Å²) in [5.41, 5.74) is 6.52. The molecule has 0 aliphatic rings. The van der Waals surface area contributed by atoms with E-state index in [1.165, 1.54) is 12.1 Å². The van der Waals surface area contributed by atoms with E-state index in [1.54, 1.807) is 12.1 Å².